The molecule has 0 saturated carbocycles. The maximum atomic E-state index is 5.75. The van der Waals surface area contributed by atoms with Gasteiger partial charge >= 0.3 is 0 Å². The monoisotopic (exact) mass is 492 g/mol. The summed E-state index contributed by atoms with van der Waals surface area (Å²) in [5, 5.41) is 0. The molecule has 0 saturated heterocycles. The Morgan fingerprint density at radius 2 is 0.867 bits per heavy atom. The van der Waals surface area contributed by atoms with Crippen LogP contribution in [-0.4, -0.2) is 86.4 Å². The van der Waals surface area contributed by atoms with Gasteiger partial charge in [-0.2, -0.15) is 0 Å². The van der Waals surface area contributed by atoms with Crippen molar-refractivity contribution in [3.8, 4) is 5.75 Å². The average molecular weight is 493 g/mol. The highest BCUT2D eigenvalue weighted by atomic mass is 79.9. The number of rotatable bonds is 1. The van der Waals surface area contributed by atoms with Gasteiger partial charge in [0.25, 0.3) is 0 Å². The second kappa shape index (κ2) is 16.9. The predicted octanol–water partition coefficient (Wildman–Crippen LogP) is 2.59. The maximum Gasteiger partial charge on any atom is 0.129 e. The van der Waals surface area contributed by atoms with Crippen LogP contribution in [0.1, 0.15) is 11.1 Å². The highest BCUT2D eigenvalue weighted by Gasteiger charge is 2.12. The second-order valence-corrected chi connectivity index (χ2v) is 7.34. The van der Waals surface area contributed by atoms with Crippen molar-refractivity contribution in [2.75, 3.05) is 86.4 Å². The van der Waals surface area contributed by atoms with Crippen molar-refractivity contribution in [2.24, 2.45) is 0 Å². The number of hydrogen-bond acceptors (Lipinski definition) is 8. The summed E-state index contributed by atoms with van der Waals surface area (Å²) in [4.78, 5) is 0. The summed E-state index contributed by atoms with van der Waals surface area (Å²) in [7, 11) is 1.66. The van der Waals surface area contributed by atoms with E-state index in [0.717, 1.165) is 21.3 Å². The highest BCUT2D eigenvalue weighted by Crippen LogP contribution is 2.29. The summed E-state index contributed by atoms with van der Waals surface area (Å²) in [6.45, 7) is 7.08. The summed E-state index contributed by atoms with van der Waals surface area (Å²) in [5.74, 6) is 0.776. The summed E-state index contributed by atoms with van der Waals surface area (Å²) >= 11 is 3.55. The molecule has 0 unspecified atom stereocenters. The summed E-state index contributed by atoms with van der Waals surface area (Å²) < 4.78 is 45.5. The lowest BCUT2D eigenvalue weighted by Crippen LogP contribution is -2.14. The van der Waals surface area contributed by atoms with Crippen molar-refractivity contribution < 1.29 is 37.9 Å². The van der Waals surface area contributed by atoms with E-state index in [1.54, 1.807) is 7.11 Å². The van der Waals surface area contributed by atoms with Crippen LogP contribution in [-0.2, 0) is 46.4 Å². The number of benzene rings is 1. The third kappa shape index (κ3) is 11.0. The first kappa shape index (κ1) is 25.5. The standard InChI is InChI=1S/C21H33BrO8/c1-23-21-18-14-20(22)15-19(21)17-30-13-11-28-9-7-26-5-3-24-2-4-25-6-8-27-10-12-29-16-18/h14-15H,2-13,16-17H2,1H3. The molecule has 9 heteroatoms. The van der Waals surface area contributed by atoms with Crippen molar-refractivity contribution >= 4 is 15.9 Å². The van der Waals surface area contributed by atoms with Crippen LogP contribution in [0.15, 0.2) is 16.6 Å². The van der Waals surface area contributed by atoms with Crippen molar-refractivity contribution in [1.82, 2.24) is 0 Å². The van der Waals surface area contributed by atoms with E-state index in [9.17, 15) is 0 Å². The molecule has 30 heavy (non-hydrogen) atoms. The van der Waals surface area contributed by atoms with E-state index in [2.05, 4.69) is 15.9 Å². The van der Waals surface area contributed by atoms with Gasteiger partial charge < -0.3 is 37.9 Å². The molecule has 0 amide bonds. The second-order valence-electron chi connectivity index (χ2n) is 6.42. The van der Waals surface area contributed by atoms with Gasteiger partial charge in [0.2, 0.25) is 0 Å². The van der Waals surface area contributed by atoms with Crippen LogP contribution in [0, 0.1) is 0 Å². The molecule has 8 nitrogen and oxygen atoms in total. The van der Waals surface area contributed by atoms with E-state index in [-0.39, 0.29) is 0 Å². The van der Waals surface area contributed by atoms with Gasteiger partial charge in [-0.15, -0.1) is 0 Å². The maximum absolute atomic E-state index is 5.75. The van der Waals surface area contributed by atoms with Gasteiger partial charge in [-0.25, -0.2) is 0 Å². The Labute approximate surface area is 187 Å². The molecule has 1 aliphatic heterocycles. The third-order valence-electron chi connectivity index (χ3n) is 4.16. The first-order chi connectivity index (χ1) is 14.8. The topological polar surface area (TPSA) is 73.8 Å². The Hall–Kier alpha value is -0.780. The molecule has 1 aromatic rings. The minimum absolute atomic E-state index is 0.427. The Balaban J connectivity index is 1.84. The molecule has 0 fully saturated rings. The van der Waals surface area contributed by atoms with Crippen LogP contribution < -0.4 is 4.74 Å². The van der Waals surface area contributed by atoms with Crippen LogP contribution >= 0.6 is 15.9 Å². The van der Waals surface area contributed by atoms with Gasteiger partial charge in [-0.1, -0.05) is 15.9 Å². The Kier molecular flexibility index (Phi) is 14.3. The number of ether oxygens (including phenoxy) is 8. The van der Waals surface area contributed by atoms with E-state index < -0.39 is 0 Å². The molecule has 0 N–H and O–H groups in total. The fourth-order valence-corrected chi connectivity index (χ4v) is 3.32. The van der Waals surface area contributed by atoms with Gasteiger partial charge in [-0.3, -0.25) is 0 Å². The average Bonchev–Trinajstić information content (AvgIpc) is 2.74. The lowest BCUT2D eigenvalue weighted by atomic mass is 10.1. The first-order valence-corrected chi connectivity index (χ1v) is 11.0. The molecule has 0 spiro atoms. The van der Waals surface area contributed by atoms with Crippen LogP contribution in [0.4, 0.5) is 0 Å². The number of hydrogen-bond donors (Lipinski definition) is 0. The molecule has 172 valence electrons. The van der Waals surface area contributed by atoms with Crippen molar-refractivity contribution in [3.05, 3.63) is 27.7 Å². The molecule has 0 aliphatic carbocycles. The summed E-state index contributed by atoms with van der Waals surface area (Å²) in [6, 6.07) is 3.98. The van der Waals surface area contributed by atoms with Crippen molar-refractivity contribution in [2.45, 2.75) is 13.2 Å². The fourth-order valence-electron chi connectivity index (χ4n) is 2.77. The van der Waals surface area contributed by atoms with Gasteiger partial charge in [-0.05, 0) is 12.1 Å². The van der Waals surface area contributed by atoms with Crippen LogP contribution in [0.25, 0.3) is 0 Å². The summed E-state index contributed by atoms with van der Waals surface area (Å²) in [6.07, 6.45) is 0. The summed E-state index contributed by atoms with van der Waals surface area (Å²) in [5.41, 5.74) is 1.91. The fraction of sp³-hybridized carbons (Fsp3) is 0.714. The molecular weight excluding hydrogens is 460 g/mol. The lowest BCUT2D eigenvalue weighted by molar-refractivity contribution is -0.0222. The largest absolute Gasteiger partial charge is 0.496 e. The van der Waals surface area contributed by atoms with E-state index in [1.165, 1.54) is 0 Å². The minimum Gasteiger partial charge on any atom is -0.496 e. The zero-order chi connectivity index (χ0) is 21.3. The molecule has 1 heterocycles. The van der Waals surface area contributed by atoms with E-state index in [0.29, 0.717) is 92.5 Å². The lowest BCUT2D eigenvalue weighted by Gasteiger charge is -2.15. The van der Waals surface area contributed by atoms with E-state index in [4.69, 9.17) is 37.9 Å². The SMILES string of the molecule is COc1c2cc(Br)cc1COCCOCCOCCOCCOCCOCCOC2. The van der Waals surface area contributed by atoms with E-state index in [1.807, 2.05) is 12.1 Å². The third-order valence-corrected chi connectivity index (χ3v) is 4.62. The molecule has 1 aromatic carbocycles. The van der Waals surface area contributed by atoms with Crippen LogP contribution in [0.5, 0.6) is 5.75 Å². The first-order valence-electron chi connectivity index (χ1n) is 10.2. The van der Waals surface area contributed by atoms with Gasteiger partial charge in [0, 0.05) is 15.6 Å². The normalized spacial score (nSPS) is 20.2. The molecule has 0 atom stereocenters. The number of halogens is 1. The molecular formula is C21H33BrO8. The Morgan fingerprint density at radius 1 is 0.567 bits per heavy atom. The Bertz CT molecular complexity index is 529. The molecule has 0 aromatic heterocycles. The molecule has 0 radical (unpaired) electrons. The zero-order valence-corrected chi connectivity index (χ0v) is 19.3. The number of fused-ring (bicyclic) bond motifs is 2. The van der Waals surface area contributed by atoms with Gasteiger partial charge in [0.05, 0.1) is 99.6 Å². The Morgan fingerprint density at radius 3 is 1.17 bits per heavy atom. The van der Waals surface area contributed by atoms with Crippen molar-refractivity contribution in [3.63, 3.8) is 0 Å². The number of methoxy groups -OCH3 is 1. The predicted molar refractivity (Wildman–Crippen MR) is 114 cm³/mol. The van der Waals surface area contributed by atoms with E-state index >= 15 is 0 Å². The zero-order valence-electron chi connectivity index (χ0n) is 17.7. The molecule has 1 aliphatic rings. The highest BCUT2D eigenvalue weighted by molar-refractivity contribution is 9.10. The van der Waals surface area contributed by atoms with Crippen LogP contribution in [0.2, 0.25) is 0 Å². The van der Waals surface area contributed by atoms with Crippen LogP contribution in [0.3, 0.4) is 0 Å². The quantitative estimate of drug-likeness (QED) is 0.592. The van der Waals surface area contributed by atoms with Crippen molar-refractivity contribution in [1.29, 1.82) is 0 Å². The van der Waals surface area contributed by atoms with Gasteiger partial charge in [0.1, 0.15) is 5.75 Å². The minimum atomic E-state index is 0.427. The molecule has 2 rings (SSSR count). The van der Waals surface area contributed by atoms with Gasteiger partial charge in [0.15, 0.2) is 0 Å². The molecule has 2 bridgehead atoms. The smallest absolute Gasteiger partial charge is 0.129 e.